The van der Waals surface area contributed by atoms with E-state index < -0.39 is 0 Å². The van der Waals surface area contributed by atoms with Crippen molar-refractivity contribution < 1.29 is 10.0 Å². The number of imidazole rings is 1. The first-order valence-electron chi connectivity index (χ1n) is 8.09. The number of fused-ring (bicyclic) bond motifs is 1. The van der Waals surface area contributed by atoms with Gasteiger partial charge in [0.2, 0.25) is 0 Å². The van der Waals surface area contributed by atoms with Gasteiger partial charge >= 0.3 is 0 Å². The lowest BCUT2D eigenvalue weighted by atomic mass is 10.1. The quantitative estimate of drug-likeness (QED) is 0.688. The first kappa shape index (κ1) is 16.4. The molecule has 24 heavy (non-hydrogen) atoms. The third-order valence-corrected chi connectivity index (χ3v) is 4.57. The zero-order chi connectivity index (χ0) is 17.4. The number of aliphatic hydroxyl groups excluding tert-OH is 1. The number of hydrogen-bond acceptors (Lipinski definition) is 5. The lowest BCUT2D eigenvalue weighted by molar-refractivity contribution is -0.384. The van der Waals surface area contributed by atoms with Crippen LogP contribution in [0.25, 0.3) is 0 Å². The molecule has 0 bridgehead atoms. The molecule has 0 aliphatic carbocycles. The number of hydrogen-bond donors (Lipinski definition) is 1. The Hall–Kier alpha value is -2.41. The fraction of sp³-hybridized carbons (Fsp3) is 0.471. The van der Waals surface area contributed by atoms with Crippen molar-refractivity contribution in [1.29, 1.82) is 0 Å². The number of anilines is 1. The summed E-state index contributed by atoms with van der Waals surface area (Å²) in [4.78, 5) is 17.7. The summed E-state index contributed by atoms with van der Waals surface area (Å²) in [6.07, 6.45) is 0.798. The van der Waals surface area contributed by atoms with Crippen LogP contribution in [0.5, 0.6) is 0 Å². The molecule has 128 valence electrons. The summed E-state index contributed by atoms with van der Waals surface area (Å²) in [6.45, 7) is 5.33. The molecule has 3 rings (SSSR count). The van der Waals surface area contributed by atoms with Gasteiger partial charge in [0.15, 0.2) is 0 Å². The van der Waals surface area contributed by atoms with Crippen molar-refractivity contribution in [3.05, 3.63) is 51.1 Å². The van der Waals surface area contributed by atoms with Crippen molar-refractivity contribution in [2.24, 2.45) is 7.05 Å². The maximum Gasteiger partial charge on any atom is 0.292 e. The van der Waals surface area contributed by atoms with E-state index in [0.717, 1.165) is 17.9 Å². The molecule has 0 radical (unpaired) electrons. The summed E-state index contributed by atoms with van der Waals surface area (Å²) in [5, 5.41) is 20.7. The van der Waals surface area contributed by atoms with E-state index in [4.69, 9.17) is 4.98 Å². The van der Waals surface area contributed by atoms with Gasteiger partial charge in [-0.05, 0) is 17.7 Å². The number of nitro benzene ring substituents is 1. The molecule has 0 spiro atoms. The van der Waals surface area contributed by atoms with Crippen LogP contribution in [-0.4, -0.2) is 26.1 Å². The molecular weight excluding hydrogens is 308 g/mol. The zero-order valence-electron chi connectivity index (χ0n) is 14.2. The largest absolute Gasteiger partial charge is 0.392 e. The van der Waals surface area contributed by atoms with Gasteiger partial charge in [0.1, 0.15) is 11.5 Å². The predicted molar refractivity (Wildman–Crippen MR) is 91.1 cm³/mol. The smallest absolute Gasteiger partial charge is 0.292 e. The third-order valence-electron chi connectivity index (χ3n) is 4.57. The molecule has 1 aliphatic heterocycles. The SMILES string of the molecule is CC(C)c1nc2c(n1C)CCN(c1cc(CO)ccc1[N+](=O)[O-])C2. The molecule has 7 heteroatoms. The fourth-order valence-corrected chi connectivity index (χ4v) is 3.35. The maximum atomic E-state index is 11.4. The van der Waals surface area contributed by atoms with Crippen LogP contribution in [0, 0.1) is 10.1 Å². The standard InChI is InChI=1S/C17H22N4O3/c1-11(2)17-18-13-9-20(7-6-14(13)19(17)3)16-8-12(10-22)4-5-15(16)21(23)24/h4-5,8,11,22H,6-7,9-10H2,1-3H3. The van der Waals surface area contributed by atoms with Gasteiger partial charge < -0.3 is 14.6 Å². The highest BCUT2D eigenvalue weighted by molar-refractivity contribution is 5.65. The summed E-state index contributed by atoms with van der Waals surface area (Å²) in [6, 6.07) is 4.76. The Bertz CT molecular complexity index is 782. The Morgan fingerprint density at radius 2 is 2.17 bits per heavy atom. The van der Waals surface area contributed by atoms with Crippen LogP contribution in [0.15, 0.2) is 18.2 Å². The molecule has 0 amide bonds. The van der Waals surface area contributed by atoms with E-state index >= 15 is 0 Å². The molecule has 2 heterocycles. The molecule has 0 saturated carbocycles. The van der Waals surface area contributed by atoms with Gasteiger partial charge in [-0.1, -0.05) is 13.8 Å². The van der Waals surface area contributed by atoms with Crippen LogP contribution in [0.1, 0.15) is 42.5 Å². The maximum absolute atomic E-state index is 11.4. The molecule has 0 atom stereocenters. The Morgan fingerprint density at radius 3 is 2.79 bits per heavy atom. The van der Waals surface area contributed by atoms with E-state index in [1.54, 1.807) is 12.1 Å². The minimum absolute atomic E-state index is 0.0654. The molecule has 2 aromatic rings. The highest BCUT2D eigenvalue weighted by Crippen LogP contribution is 2.33. The van der Waals surface area contributed by atoms with Crippen LogP contribution >= 0.6 is 0 Å². The summed E-state index contributed by atoms with van der Waals surface area (Å²) >= 11 is 0. The molecule has 0 fully saturated rings. The van der Waals surface area contributed by atoms with Gasteiger partial charge in [0.05, 0.1) is 23.8 Å². The van der Waals surface area contributed by atoms with E-state index in [2.05, 4.69) is 18.4 Å². The van der Waals surface area contributed by atoms with Crippen molar-refractivity contribution in [1.82, 2.24) is 9.55 Å². The number of aliphatic hydroxyl groups is 1. The first-order chi connectivity index (χ1) is 11.4. The third kappa shape index (κ3) is 2.75. The molecule has 0 unspecified atom stereocenters. The molecule has 1 aromatic heterocycles. The number of nitrogens with zero attached hydrogens (tertiary/aromatic N) is 4. The van der Waals surface area contributed by atoms with Crippen molar-refractivity contribution in [2.45, 2.75) is 39.3 Å². The van der Waals surface area contributed by atoms with Crippen LogP contribution < -0.4 is 4.90 Å². The molecule has 1 N–H and O–H groups in total. The highest BCUT2D eigenvalue weighted by Gasteiger charge is 2.27. The lowest BCUT2D eigenvalue weighted by Gasteiger charge is -2.28. The van der Waals surface area contributed by atoms with Crippen LogP contribution in [0.2, 0.25) is 0 Å². The van der Waals surface area contributed by atoms with Gasteiger partial charge in [-0.15, -0.1) is 0 Å². The number of nitro groups is 1. The van der Waals surface area contributed by atoms with Gasteiger partial charge in [0.25, 0.3) is 5.69 Å². The Morgan fingerprint density at radius 1 is 1.42 bits per heavy atom. The monoisotopic (exact) mass is 330 g/mol. The predicted octanol–water partition coefficient (Wildman–Crippen LogP) is 2.51. The van der Waals surface area contributed by atoms with Gasteiger partial charge in [-0.2, -0.15) is 0 Å². The molecule has 0 saturated heterocycles. The van der Waals surface area contributed by atoms with Crippen LogP contribution in [0.4, 0.5) is 11.4 Å². The number of benzene rings is 1. The second-order valence-electron chi connectivity index (χ2n) is 6.49. The van der Waals surface area contributed by atoms with Crippen molar-refractivity contribution in [3.8, 4) is 0 Å². The van der Waals surface area contributed by atoms with Gasteiger partial charge in [-0.25, -0.2) is 4.98 Å². The average Bonchev–Trinajstić information content (AvgIpc) is 2.90. The van der Waals surface area contributed by atoms with Gasteiger partial charge in [-0.3, -0.25) is 10.1 Å². The highest BCUT2D eigenvalue weighted by atomic mass is 16.6. The summed E-state index contributed by atoms with van der Waals surface area (Å²) in [5.41, 5.74) is 3.47. The summed E-state index contributed by atoms with van der Waals surface area (Å²) < 4.78 is 2.15. The minimum atomic E-state index is -0.371. The van der Waals surface area contributed by atoms with Gasteiger partial charge in [0, 0.05) is 37.7 Å². The number of aromatic nitrogens is 2. The van der Waals surface area contributed by atoms with E-state index in [1.165, 1.54) is 11.8 Å². The summed E-state index contributed by atoms with van der Waals surface area (Å²) in [5.74, 6) is 1.38. The zero-order valence-corrected chi connectivity index (χ0v) is 14.2. The molecule has 1 aromatic carbocycles. The fourth-order valence-electron chi connectivity index (χ4n) is 3.35. The normalized spacial score (nSPS) is 14.1. The summed E-state index contributed by atoms with van der Waals surface area (Å²) in [7, 11) is 2.03. The molecule has 7 nitrogen and oxygen atoms in total. The van der Waals surface area contributed by atoms with Crippen LogP contribution in [-0.2, 0) is 26.6 Å². The first-order valence-corrected chi connectivity index (χ1v) is 8.09. The Kier molecular flexibility index (Phi) is 4.28. The second-order valence-corrected chi connectivity index (χ2v) is 6.49. The average molecular weight is 330 g/mol. The second kappa shape index (κ2) is 6.24. The Labute approximate surface area is 140 Å². The van der Waals surface area contributed by atoms with E-state index in [1.807, 2.05) is 11.9 Å². The molecule has 1 aliphatic rings. The van der Waals surface area contributed by atoms with E-state index in [0.29, 0.717) is 30.3 Å². The number of rotatable bonds is 4. The van der Waals surface area contributed by atoms with E-state index in [-0.39, 0.29) is 17.2 Å². The van der Waals surface area contributed by atoms with Crippen molar-refractivity contribution in [2.75, 3.05) is 11.4 Å². The molecular formula is C17H22N4O3. The minimum Gasteiger partial charge on any atom is -0.392 e. The lowest BCUT2D eigenvalue weighted by Crippen LogP contribution is -2.31. The topological polar surface area (TPSA) is 84.4 Å². The van der Waals surface area contributed by atoms with Crippen LogP contribution in [0.3, 0.4) is 0 Å². The van der Waals surface area contributed by atoms with E-state index in [9.17, 15) is 15.2 Å². The van der Waals surface area contributed by atoms with Crippen molar-refractivity contribution >= 4 is 11.4 Å². The van der Waals surface area contributed by atoms with Crippen molar-refractivity contribution in [3.63, 3.8) is 0 Å². The Balaban J connectivity index is 1.98.